The monoisotopic (exact) mass is 314 g/mol. The lowest BCUT2D eigenvalue weighted by Crippen LogP contribution is -2.03. The van der Waals surface area contributed by atoms with Crippen LogP contribution in [0.1, 0.15) is 29.5 Å². The Kier molecular flexibility index (Phi) is 3.32. The summed E-state index contributed by atoms with van der Waals surface area (Å²) in [6, 6.07) is 9.74. The number of hydrogen-bond acceptors (Lipinski definition) is 1. The number of benzene rings is 3. The second-order valence-electron chi connectivity index (χ2n) is 5.98. The maximum absolute atomic E-state index is 13.9. The summed E-state index contributed by atoms with van der Waals surface area (Å²) in [5.41, 5.74) is 3.30. The van der Waals surface area contributed by atoms with E-state index in [4.69, 9.17) is 11.6 Å². The standard InChI is InChI=1S/C19H16ClFO/c20-19-16(10-22)18-12(9-17(19)21)6-7-14-13-4-2-1-3-11(13)5-8-15(14)18/h5-9,22H,1-4,10H2. The lowest BCUT2D eigenvalue weighted by molar-refractivity contribution is 0.283. The molecule has 0 heterocycles. The molecule has 0 saturated carbocycles. The molecular formula is C19H16ClFO. The van der Waals surface area contributed by atoms with Gasteiger partial charge in [0.25, 0.3) is 0 Å². The molecule has 3 aromatic rings. The van der Waals surface area contributed by atoms with Crippen LogP contribution < -0.4 is 0 Å². The van der Waals surface area contributed by atoms with E-state index in [1.54, 1.807) is 0 Å². The van der Waals surface area contributed by atoms with Crippen molar-refractivity contribution in [2.24, 2.45) is 0 Å². The molecule has 3 aromatic carbocycles. The third kappa shape index (κ3) is 1.94. The van der Waals surface area contributed by atoms with Crippen LogP contribution in [0.25, 0.3) is 21.5 Å². The predicted octanol–water partition coefficient (Wildman–Crippen LogP) is 5.16. The highest BCUT2D eigenvalue weighted by Gasteiger charge is 2.17. The summed E-state index contributed by atoms with van der Waals surface area (Å²) < 4.78 is 13.9. The van der Waals surface area contributed by atoms with Crippen LogP contribution >= 0.6 is 11.6 Å². The topological polar surface area (TPSA) is 20.2 Å². The Morgan fingerprint density at radius 3 is 2.64 bits per heavy atom. The molecule has 0 unspecified atom stereocenters. The highest BCUT2D eigenvalue weighted by Crippen LogP contribution is 2.37. The molecule has 1 nitrogen and oxygen atoms in total. The normalized spacial score (nSPS) is 14.5. The van der Waals surface area contributed by atoms with Crippen molar-refractivity contribution in [2.75, 3.05) is 0 Å². The van der Waals surface area contributed by atoms with Gasteiger partial charge in [0.05, 0.1) is 11.6 Å². The van der Waals surface area contributed by atoms with Crippen molar-refractivity contribution in [2.45, 2.75) is 32.3 Å². The van der Waals surface area contributed by atoms with E-state index in [1.807, 2.05) is 6.07 Å². The van der Waals surface area contributed by atoms with Gasteiger partial charge in [-0.3, -0.25) is 0 Å². The smallest absolute Gasteiger partial charge is 0.142 e. The molecule has 1 N–H and O–H groups in total. The summed E-state index contributed by atoms with van der Waals surface area (Å²) in [5.74, 6) is -0.476. The van der Waals surface area contributed by atoms with Crippen molar-refractivity contribution in [1.82, 2.24) is 0 Å². The first kappa shape index (κ1) is 14.0. The first-order valence-electron chi connectivity index (χ1n) is 7.65. The summed E-state index contributed by atoms with van der Waals surface area (Å²) in [4.78, 5) is 0. The Balaban J connectivity index is 2.17. The van der Waals surface area contributed by atoms with Crippen LogP contribution in [-0.2, 0) is 19.4 Å². The molecule has 4 rings (SSSR count). The van der Waals surface area contributed by atoms with E-state index in [0.717, 1.165) is 29.0 Å². The van der Waals surface area contributed by atoms with Crippen LogP contribution in [0.4, 0.5) is 4.39 Å². The summed E-state index contributed by atoms with van der Waals surface area (Å²) in [6.45, 7) is -0.261. The average molecular weight is 315 g/mol. The number of halogens is 2. The van der Waals surface area contributed by atoms with Crippen molar-refractivity contribution >= 4 is 33.1 Å². The highest BCUT2D eigenvalue weighted by atomic mass is 35.5. The van der Waals surface area contributed by atoms with E-state index in [2.05, 4.69) is 18.2 Å². The van der Waals surface area contributed by atoms with Crippen LogP contribution in [0, 0.1) is 5.82 Å². The first-order chi connectivity index (χ1) is 10.7. The third-order valence-corrected chi connectivity index (χ3v) is 5.19. The van der Waals surface area contributed by atoms with Gasteiger partial charge in [-0.05, 0) is 64.4 Å². The number of aliphatic hydroxyl groups excluding tert-OH is 1. The Hall–Kier alpha value is -1.64. The first-order valence-corrected chi connectivity index (χ1v) is 8.03. The zero-order valence-electron chi connectivity index (χ0n) is 12.1. The molecule has 0 amide bonds. The minimum absolute atomic E-state index is 0.0280. The second kappa shape index (κ2) is 5.22. The molecule has 22 heavy (non-hydrogen) atoms. The molecule has 1 aliphatic carbocycles. The minimum Gasteiger partial charge on any atom is -0.392 e. The molecule has 1 aliphatic rings. The summed E-state index contributed by atoms with van der Waals surface area (Å²) in [5, 5.41) is 13.6. The van der Waals surface area contributed by atoms with E-state index in [0.29, 0.717) is 5.56 Å². The lowest BCUT2D eigenvalue weighted by Gasteiger charge is -2.19. The summed E-state index contributed by atoms with van der Waals surface area (Å²) in [7, 11) is 0. The second-order valence-corrected chi connectivity index (χ2v) is 6.36. The fourth-order valence-electron chi connectivity index (χ4n) is 3.74. The fraction of sp³-hybridized carbons (Fsp3) is 0.263. The summed E-state index contributed by atoms with van der Waals surface area (Å²) >= 11 is 6.08. The molecular weight excluding hydrogens is 299 g/mol. The molecule has 0 aromatic heterocycles. The van der Waals surface area contributed by atoms with Crippen LogP contribution in [0.5, 0.6) is 0 Å². The van der Waals surface area contributed by atoms with Crippen LogP contribution in [0.15, 0.2) is 30.3 Å². The highest BCUT2D eigenvalue weighted by molar-refractivity contribution is 6.33. The van der Waals surface area contributed by atoms with E-state index < -0.39 is 5.82 Å². The molecule has 0 saturated heterocycles. The fourth-order valence-corrected chi connectivity index (χ4v) is 3.94. The largest absolute Gasteiger partial charge is 0.392 e. The van der Waals surface area contributed by atoms with Gasteiger partial charge in [0.1, 0.15) is 5.82 Å². The number of rotatable bonds is 1. The van der Waals surface area contributed by atoms with Gasteiger partial charge in [0, 0.05) is 5.56 Å². The molecule has 112 valence electrons. The Morgan fingerprint density at radius 1 is 1.05 bits per heavy atom. The molecule has 0 bridgehead atoms. The number of aliphatic hydroxyl groups is 1. The van der Waals surface area contributed by atoms with Gasteiger partial charge in [0.2, 0.25) is 0 Å². The SMILES string of the molecule is OCc1c(Cl)c(F)cc2ccc3c4c(ccc3c12)CCCC4. The van der Waals surface area contributed by atoms with E-state index >= 15 is 0 Å². The van der Waals surface area contributed by atoms with Crippen molar-refractivity contribution in [3.63, 3.8) is 0 Å². The van der Waals surface area contributed by atoms with E-state index in [1.165, 1.54) is 35.4 Å². The number of aryl methyl sites for hydroxylation is 2. The molecule has 0 aliphatic heterocycles. The zero-order valence-corrected chi connectivity index (χ0v) is 12.9. The van der Waals surface area contributed by atoms with Gasteiger partial charge in [-0.25, -0.2) is 4.39 Å². The molecule has 0 radical (unpaired) electrons. The molecule has 3 heteroatoms. The van der Waals surface area contributed by atoms with Crippen molar-refractivity contribution in [3.05, 3.63) is 57.9 Å². The van der Waals surface area contributed by atoms with Crippen LogP contribution in [-0.4, -0.2) is 5.11 Å². The maximum atomic E-state index is 13.9. The average Bonchev–Trinajstić information content (AvgIpc) is 2.55. The van der Waals surface area contributed by atoms with Crippen molar-refractivity contribution in [1.29, 1.82) is 0 Å². The Bertz CT molecular complexity index is 901. The predicted molar refractivity (Wildman–Crippen MR) is 89.0 cm³/mol. The number of fused-ring (bicyclic) bond motifs is 5. The van der Waals surface area contributed by atoms with Crippen LogP contribution in [0.3, 0.4) is 0 Å². The quantitative estimate of drug-likeness (QED) is 0.615. The molecule has 0 fully saturated rings. The lowest BCUT2D eigenvalue weighted by atomic mass is 9.86. The summed E-state index contributed by atoms with van der Waals surface area (Å²) in [6.07, 6.45) is 4.66. The number of hydrogen-bond donors (Lipinski definition) is 1. The Labute approximate surface area is 133 Å². The molecule has 0 atom stereocenters. The van der Waals surface area contributed by atoms with Crippen molar-refractivity contribution in [3.8, 4) is 0 Å². The maximum Gasteiger partial charge on any atom is 0.142 e. The van der Waals surface area contributed by atoms with Gasteiger partial charge in [-0.1, -0.05) is 35.9 Å². The van der Waals surface area contributed by atoms with Gasteiger partial charge >= 0.3 is 0 Å². The van der Waals surface area contributed by atoms with E-state index in [-0.39, 0.29) is 11.6 Å². The third-order valence-electron chi connectivity index (χ3n) is 4.78. The van der Waals surface area contributed by atoms with Gasteiger partial charge in [-0.15, -0.1) is 0 Å². The van der Waals surface area contributed by atoms with Gasteiger partial charge < -0.3 is 5.11 Å². The van der Waals surface area contributed by atoms with E-state index in [9.17, 15) is 9.50 Å². The van der Waals surface area contributed by atoms with Crippen molar-refractivity contribution < 1.29 is 9.50 Å². The van der Waals surface area contributed by atoms with Gasteiger partial charge in [0.15, 0.2) is 0 Å². The minimum atomic E-state index is -0.476. The van der Waals surface area contributed by atoms with Gasteiger partial charge in [-0.2, -0.15) is 0 Å². The zero-order chi connectivity index (χ0) is 15.3. The Morgan fingerprint density at radius 2 is 1.82 bits per heavy atom. The van der Waals surface area contributed by atoms with Crippen LogP contribution in [0.2, 0.25) is 5.02 Å². The molecule has 0 spiro atoms.